The molecule has 0 bridgehead atoms. The Morgan fingerprint density at radius 3 is 3.00 bits per heavy atom. The van der Waals surface area contributed by atoms with E-state index in [4.69, 9.17) is 5.41 Å². The van der Waals surface area contributed by atoms with Crippen molar-refractivity contribution < 1.29 is 0 Å². The fourth-order valence-corrected chi connectivity index (χ4v) is 0.829. The average molecular weight is 110 g/mol. The molecule has 0 fully saturated rings. The Hall–Kier alpha value is -0.660. The minimum atomic E-state index is 0.198. The van der Waals surface area contributed by atoms with Crippen LogP contribution in [0.1, 0.15) is 19.3 Å². The van der Waals surface area contributed by atoms with Gasteiger partial charge in [0.2, 0.25) is 0 Å². The molecule has 0 amide bonds. The van der Waals surface area contributed by atoms with Crippen LogP contribution in [0.5, 0.6) is 0 Å². The summed E-state index contributed by atoms with van der Waals surface area (Å²) in [6.07, 6.45) is 6.70. The molecule has 0 aliphatic carbocycles. The van der Waals surface area contributed by atoms with Gasteiger partial charge < -0.3 is 5.41 Å². The van der Waals surface area contributed by atoms with Gasteiger partial charge in [0.1, 0.15) is 0 Å². The van der Waals surface area contributed by atoms with Crippen LogP contribution >= 0.6 is 0 Å². The van der Waals surface area contributed by atoms with Crippen molar-refractivity contribution in [3.8, 4) is 0 Å². The van der Waals surface area contributed by atoms with E-state index in [0.717, 1.165) is 12.8 Å². The lowest BCUT2D eigenvalue weighted by atomic mass is 10.1. The van der Waals surface area contributed by atoms with E-state index >= 15 is 0 Å². The fourth-order valence-electron chi connectivity index (χ4n) is 0.829. The summed E-state index contributed by atoms with van der Waals surface area (Å²) in [6.45, 7) is 0. The van der Waals surface area contributed by atoms with Gasteiger partial charge in [0.15, 0.2) is 0 Å². The Labute approximate surface area is 49.1 Å². The molecule has 2 heteroatoms. The van der Waals surface area contributed by atoms with Gasteiger partial charge in [0.05, 0.1) is 6.04 Å². The Morgan fingerprint density at radius 2 is 2.62 bits per heavy atom. The molecule has 44 valence electrons. The van der Waals surface area contributed by atoms with Crippen LogP contribution in [0, 0.1) is 5.41 Å². The highest BCUT2D eigenvalue weighted by molar-refractivity contribution is 5.68. The highest BCUT2D eigenvalue weighted by Gasteiger charge is 2.03. The lowest BCUT2D eigenvalue weighted by Crippen LogP contribution is -2.09. The normalized spacial score (nSPS) is 27.8. The summed E-state index contributed by atoms with van der Waals surface area (Å²) >= 11 is 0. The molecule has 0 radical (unpaired) electrons. The molecule has 0 aromatic heterocycles. The maximum atomic E-state index is 6.86. The van der Waals surface area contributed by atoms with Gasteiger partial charge in [-0.05, 0) is 25.5 Å². The largest absolute Gasteiger partial charge is 0.311 e. The van der Waals surface area contributed by atoms with Crippen molar-refractivity contribution in [2.75, 3.05) is 0 Å². The predicted octanol–water partition coefficient (Wildman–Crippen LogP) is 1.26. The summed E-state index contributed by atoms with van der Waals surface area (Å²) in [5, 5.41) is 6.86. The quantitative estimate of drug-likeness (QED) is 0.493. The topological polar surface area (TPSA) is 36.2 Å². The molecule has 0 spiro atoms. The summed E-state index contributed by atoms with van der Waals surface area (Å²) in [5.41, 5.74) is 0. The van der Waals surface area contributed by atoms with Gasteiger partial charge in [-0.25, -0.2) is 0 Å². The van der Waals surface area contributed by atoms with E-state index in [1.54, 1.807) is 0 Å². The monoisotopic (exact) mass is 110 g/mol. The van der Waals surface area contributed by atoms with Crippen LogP contribution in [0.25, 0.3) is 0 Å². The molecule has 8 heavy (non-hydrogen) atoms. The average Bonchev–Trinajstić information content (AvgIpc) is 1.90. The van der Waals surface area contributed by atoms with Gasteiger partial charge in [-0.15, -0.1) is 0 Å². The predicted molar refractivity (Wildman–Crippen MR) is 34.9 cm³/mol. The summed E-state index contributed by atoms with van der Waals surface area (Å²) in [6, 6.07) is 0.198. The van der Waals surface area contributed by atoms with Crippen LogP contribution in [0.2, 0.25) is 0 Å². The molecular formula is C6H10N2. The van der Waals surface area contributed by atoms with Crippen LogP contribution in [0.3, 0.4) is 0 Å². The molecule has 0 saturated heterocycles. The van der Waals surface area contributed by atoms with Crippen molar-refractivity contribution in [3.05, 3.63) is 0 Å². The SMILES string of the molecule is N=CC1CCCC=N1. The number of nitrogens with zero attached hydrogens (tertiary/aromatic N) is 1. The highest BCUT2D eigenvalue weighted by Crippen LogP contribution is 2.06. The number of hydrogen-bond donors (Lipinski definition) is 1. The molecule has 2 nitrogen and oxygen atoms in total. The molecule has 1 heterocycles. The van der Waals surface area contributed by atoms with Gasteiger partial charge in [-0.3, -0.25) is 4.99 Å². The second-order valence-electron chi connectivity index (χ2n) is 2.00. The molecule has 1 rings (SSSR count). The van der Waals surface area contributed by atoms with Crippen LogP contribution in [-0.4, -0.2) is 18.5 Å². The molecular weight excluding hydrogens is 100 g/mol. The maximum Gasteiger partial charge on any atom is 0.0839 e. The Morgan fingerprint density at radius 1 is 1.75 bits per heavy atom. The standard InChI is InChI=1S/C6H10N2/c7-5-6-3-1-2-4-8-6/h4-7H,1-3H2. The molecule has 0 saturated carbocycles. The van der Waals surface area contributed by atoms with E-state index in [2.05, 4.69) is 4.99 Å². The Bertz CT molecular complexity index is 107. The van der Waals surface area contributed by atoms with Crippen LogP contribution < -0.4 is 0 Å². The molecule has 1 N–H and O–H groups in total. The van der Waals surface area contributed by atoms with E-state index in [1.807, 2.05) is 6.21 Å². The van der Waals surface area contributed by atoms with E-state index in [0.29, 0.717) is 0 Å². The van der Waals surface area contributed by atoms with Gasteiger partial charge in [-0.1, -0.05) is 0 Å². The zero-order valence-corrected chi connectivity index (χ0v) is 4.80. The smallest absolute Gasteiger partial charge is 0.0839 e. The number of rotatable bonds is 1. The molecule has 1 unspecified atom stereocenters. The van der Waals surface area contributed by atoms with Crippen molar-refractivity contribution >= 4 is 12.4 Å². The summed E-state index contributed by atoms with van der Waals surface area (Å²) in [4.78, 5) is 4.08. The highest BCUT2D eigenvalue weighted by atomic mass is 14.8. The Kier molecular flexibility index (Phi) is 1.78. The van der Waals surface area contributed by atoms with Gasteiger partial charge in [-0.2, -0.15) is 0 Å². The first-order chi connectivity index (χ1) is 3.93. The molecule has 1 aliphatic heterocycles. The third-order valence-corrected chi connectivity index (χ3v) is 1.32. The van der Waals surface area contributed by atoms with E-state index in [-0.39, 0.29) is 6.04 Å². The van der Waals surface area contributed by atoms with Gasteiger partial charge in [0, 0.05) is 6.21 Å². The van der Waals surface area contributed by atoms with Crippen LogP contribution in [-0.2, 0) is 0 Å². The zero-order chi connectivity index (χ0) is 5.82. The lowest BCUT2D eigenvalue weighted by molar-refractivity contribution is 0.690. The van der Waals surface area contributed by atoms with Crippen molar-refractivity contribution in [1.29, 1.82) is 5.41 Å². The zero-order valence-electron chi connectivity index (χ0n) is 4.80. The third kappa shape index (κ3) is 1.15. The fraction of sp³-hybridized carbons (Fsp3) is 0.667. The summed E-state index contributed by atoms with van der Waals surface area (Å²) in [5.74, 6) is 0. The number of aliphatic imine (C=N–C) groups is 1. The first kappa shape index (κ1) is 5.48. The lowest BCUT2D eigenvalue weighted by Gasteiger charge is -2.08. The van der Waals surface area contributed by atoms with Gasteiger partial charge in [0.25, 0.3) is 0 Å². The molecule has 0 aromatic carbocycles. The summed E-state index contributed by atoms with van der Waals surface area (Å²) < 4.78 is 0. The van der Waals surface area contributed by atoms with E-state index in [9.17, 15) is 0 Å². The number of hydrogen-bond acceptors (Lipinski definition) is 2. The Balaban J connectivity index is 2.42. The maximum absolute atomic E-state index is 6.86. The van der Waals surface area contributed by atoms with Crippen molar-refractivity contribution in [1.82, 2.24) is 0 Å². The minimum Gasteiger partial charge on any atom is -0.311 e. The summed E-state index contributed by atoms with van der Waals surface area (Å²) in [7, 11) is 0. The van der Waals surface area contributed by atoms with Gasteiger partial charge >= 0.3 is 0 Å². The van der Waals surface area contributed by atoms with Crippen LogP contribution in [0.4, 0.5) is 0 Å². The molecule has 1 aliphatic rings. The second-order valence-corrected chi connectivity index (χ2v) is 2.00. The van der Waals surface area contributed by atoms with Crippen LogP contribution in [0.15, 0.2) is 4.99 Å². The van der Waals surface area contributed by atoms with Crippen molar-refractivity contribution in [2.24, 2.45) is 4.99 Å². The number of nitrogens with one attached hydrogen (secondary N) is 1. The van der Waals surface area contributed by atoms with Crippen molar-refractivity contribution in [3.63, 3.8) is 0 Å². The minimum absolute atomic E-state index is 0.198. The second kappa shape index (κ2) is 2.60. The first-order valence-corrected chi connectivity index (χ1v) is 2.95. The molecule has 1 atom stereocenters. The van der Waals surface area contributed by atoms with Crippen molar-refractivity contribution in [2.45, 2.75) is 25.3 Å². The molecule has 0 aromatic rings. The van der Waals surface area contributed by atoms with E-state index in [1.165, 1.54) is 12.6 Å². The third-order valence-electron chi connectivity index (χ3n) is 1.32. The first-order valence-electron chi connectivity index (χ1n) is 2.95. The van der Waals surface area contributed by atoms with E-state index < -0.39 is 0 Å².